The van der Waals surface area contributed by atoms with Gasteiger partial charge in [-0.1, -0.05) is 6.07 Å². The number of hydrogen-bond acceptors (Lipinski definition) is 2. The fourth-order valence-electron chi connectivity index (χ4n) is 2.59. The molecule has 1 atom stereocenters. The fraction of sp³-hybridized carbons (Fsp3) is 0.562. The first-order valence-electron chi connectivity index (χ1n) is 7.30. The lowest BCUT2D eigenvalue weighted by Crippen LogP contribution is -2.51. The summed E-state index contributed by atoms with van der Waals surface area (Å²) in [6, 6.07) is 4.25. The minimum Gasteiger partial charge on any atom is -0.444 e. The molecule has 0 bridgehead atoms. The molecule has 2 rings (SSSR count). The second kappa shape index (κ2) is 6.49. The predicted molar refractivity (Wildman–Crippen MR) is 89.2 cm³/mol. The zero-order valence-corrected chi connectivity index (χ0v) is 15.4. The maximum atomic E-state index is 14.5. The molecule has 1 aromatic carbocycles. The number of rotatable bonds is 1. The van der Waals surface area contributed by atoms with Gasteiger partial charge >= 0.3 is 6.09 Å². The van der Waals surface area contributed by atoms with Crippen LogP contribution in [0.4, 0.5) is 18.0 Å². The van der Waals surface area contributed by atoms with Crippen molar-refractivity contribution in [2.75, 3.05) is 13.1 Å². The van der Waals surface area contributed by atoms with E-state index in [1.165, 1.54) is 12.1 Å². The Bertz CT molecular complexity index is 601. The van der Waals surface area contributed by atoms with Crippen LogP contribution < -0.4 is 0 Å². The molecule has 0 radical (unpaired) electrons. The third-order valence-corrected chi connectivity index (χ3v) is 4.26. The van der Waals surface area contributed by atoms with Crippen molar-refractivity contribution in [3.63, 3.8) is 0 Å². The van der Waals surface area contributed by atoms with Gasteiger partial charge in [-0.3, -0.25) is 0 Å². The number of halogens is 4. The van der Waals surface area contributed by atoms with E-state index in [-0.39, 0.29) is 18.5 Å². The fourth-order valence-corrected chi connectivity index (χ4v) is 3.04. The summed E-state index contributed by atoms with van der Waals surface area (Å²) >= 11 is 1.93. The van der Waals surface area contributed by atoms with E-state index in [0.717, 1.165) is 4.90 Å². The van der Waals surface area contributed by atoms with Gasteiger partial charge in [0, 0.05) is 10.1 Å². The number of piperidine rings is 1. The van der Waals surface area contributed by atoms with Crippen molar-refractivity contribution in [2.24, 2.45) is 0 Å². The molecule has 1 aromatic rings. The first-order chi connectivity index (χ1) is 10.5. The number of benzene rings is 1. The zero-order chi connectivity index (χ0) is 17.4. The number of nitrogens with zero attached hydrogens (tertiary/aromatic N) is 1. The van der Waals surface area contributed by atoms with E-state index in [1.54, 1.807) is 26.8 Å². The molecule has 7 heteroatoms. The van der Waals surface area contributed by atoms with Gasteiger partial charge in [-0.25, -0.2) is 18.0 Å². The summed E-state index contributed by atoms with van der Waals surface area (Å²) < 4.78 is 48.7. The first kappa shape index (κ1) is 18.4. The summed E-state index contributed by atoms with van der Waals surface area (Å²) in [7, 11) is 0. The van der Waals surface area contributed by atoms with Gasteiger partial charge < -0.3 is 9.64 Å². The Morgan fingerprint density at radius 3 is 2.57 bits per heavy atom. The average molecular weight is 441 g/mol. The van der Waals surface area contributed by atoms with Gasteiger partial charge in [0.2, 0.25) is 0 Å². The molecule has 0 aromatic heterocycles. The quantitative estimate of drug-likeness (QED) is 0.587. The minimum absolute atomic E-state index is 0.000690. The number of alkyl halides is 2. The van der Waals surface area contributed by atoms with Crippen LogP contribution in [0.25, 0.3) is 0 Å². The Hall–Kier alpha value is -0.990. The molecule has 1 aliphatic heterocycles. The third-order valence-electron chi connectivity index (χ3n) is 3.59. The van der Waals surface area contributed by atoms with Crippen molar-refractivity contribution in [3.05, 3.63) is 33.1 Å². The van der Waals surface area contributed by atoms with Crippen molar-refractivity contribution < 1.29 is 22.7 Å². The highest BCUT2D eigenvalue weighted by molar-refractivity contribution is 14.1. The third kappa shape index (κ3) is 4.51. The molecule has 1 fully saturated rings. The second-order valence-electron chi connectivity index (χ2n) is 6.67. The topological polar surface area (TPSA) is 29.5 Å². The van der Waals surface area contributed by atoms with Crippen LogP contribution in [0.5, 0.6) is 0 Å². The van der Waals surface area contributed by atoms with Crippen LogP contribution in [-0.4, -0.2) is 35.6 Å². The van der Waals surface area contributed by atoms with Gasteiger partial charge in [-0.15, -0.1) is 0 Å². The molecule has 0 N–H and O–H groups in total. The number of amides is 1. The lowest BCUT2D eigenvalue weighted by atomic mass is 9.86. The molecule has 1 amide bonds. The number of likely N-dealkylation sites (tertiary alicyclic amines) is 1. The molecule has 23 heavy (non-hydrogen) atoms. The highest BCUT2D eigenvalue weighted by Gasteiger charge is 2.48. The van der Waals surface area contributed by atoms with Crippen molar-refractivity contribution in [2.45, 2.75) is 44.6 Å². The molecule has 0 aliphatic carbocycles. The van der Waals surface area contributed by atoms with E-state index in [0.29, 0.717) is 3.57 Å². The number of carbonyl (C=O) groups is 1. The normalized spacial score (nSPS) is 21.2. The van der Waals surface area contributed by atoms with Gasteiger partial charge in [-0.2, -0.15) is 0 Å². The Morgan fingerprint density at radius 1 is 1.39 bits per heavy atom. The maximum absolute atomic E-state index is 14.5. The molecule has 1 saturated heterocycles. The largest absolute Gasteiger partial charge is 0.444 e. The molecule has 0 spiro atoms. The van der Waals surface area contributed by atoms with Crippen LogP contribution in [-0.2, 0) is 4.74 Å². The summed E-state index contributed by atoms with van der Waals surface area (Å²) in [6.07, 6.45) is -0.775. The standard InChI is InChI=1S/C16H19F3INO2/c1-15(2,3)23-14(22)21-7-6-12(16(18,19)9-21)11-5-4-10(20)8-13(11)17/h4-5,8,12H,6-7,9H2,1-3H3. The maximum Gasteiger partial charge on any atom is 0.410 e. The highest BCUT2D eigenvalue weighted by Crippen LogP contribution is 2.41. The summed E-state index contributed by atoms with van der Waals surface area (Å²) in [6.45, 7) is 4.38. The van der Waals surface area contributed by atoms with E-state index in [4.69, 9.17) is 4.74 Å². The summed E-state index contributed by atoms with van der Waals surface area (Å²) in [5.74, 6) is -5.08. The van der Waals surface area contributed by atoms with Crippen molar-refractivity contribution in [1.82, 2.24) is 4.90 Å². The Labute approximate surface area is 147 Å². The van der Waals surface area contributed by atoms with Crippen LogP contribution in [0.3, 0.4) is 0 Å². The molecule has 1 unspecified atom stereocenters. The lowest BCUT2D eigenvalue weighted by molar-refractivity contribution is -0.0855. The summed E-state index contributed by atoms with van der Waals surface area (Å²) in [5.41, 5.74) is -0.745. The van der Waals surface area contributed by atoms with Crippen LogP contribution in [0.2, 0.25) is 0 Å². The number of ether oxygens (including phenoxy) is 1. The molecular formula is C16H19F3INO2. The molecule has 3 nitrogen and oxygen atoms in total. The van der Waals surface area contributed by atoms with Gasteiger partial charge in [0.15, 0.2) is 0 Å². The van der Waals surface area contributed by atoms with Crippen LogP contribution in [0.15, 0.2) is 18.2 Å². The van der Waals surface area contributed by atoms with Gasteiger partial charge in [-0.05, 0) is 67.5 Å². The number of hydrogen-bond donors (Lipinski definition) is 0. The van der Waals surface area contributed by atoms with E-state index in [9.17, 15) is 18.0 Å². The van der Waals surface area contributed by atoms with Gasteiger partial charge in [0.1, 0.15) is 11.4 Å². The van der Waals surface area contributed by atoms with Crippen LogP contribution >= 0.6 is 22.6 Å². The minimum atomic E-state index is -3.21. The van der Waals surface area contributed by atoms with Crippen LogP contribution in [0.1, 0.15) is 38.7 Å². The SMILES string of the molecule is CC(C)(C)OC(=O)N1CCC(c2ccc(I)cc2F)C(F)(F)C1. The van der Waals surface area contributed by atoms with Crippen molar-refractivity contribution in [3.8, 4) is 0 Å². The van der Waals surface area contributed by atoms with Crippen molar-refractivity contribution >= 4 is 28.7 Å². The lowest BCUT2D eigenvalue weighted by Gasteiger charge is -2.39. The Balaban J connectivity index is 2.16. The smallest absolute Gasteiger partial charge is 0.410 e. The van der Waals surface area contributed by atoms with Gasteiger partial charge in [0.05, 0.1) is 12.5 Å². The highest BCUT2D eigenvalue weighted by atomic mass is 127. The van der Waals surface area contributed by atoms with E-state index in [2.05, 4.69) is 0 Å². The molecule has 1 heterocycles. The average Bonchev–Trinajstić information content (AvgIpc) is 2.36. The van der Waals surface area contributed by atoms with E-state index in [1.807, 2.05) is 22.6 Å². The summed E-state index contributed by atoms with van der Waals surface area (Å²) in [4.78, 5) is 12.9. The molecule has 0 saturated carbocycles. The zero-order valence-electron chi connectivity index (χ0n) is 13.2. The second-order valence-corrected chi connectivity index (χ2v) is 7.92. The monoisotopic (exact) mass is 441 g/mol. The van der Waals surface area contributed by atoms with Crippen molar-refractivity contribution in [1.29, 1.82) is 0 Å². The Kier molecular flexibility index (Phi) is 5.18. The Morgan fingerprint density at radius 2 is 2.04 bits per heavy atom. The van der Waals surface area contributed by atoms with Crippen LogP contribution in [0, 0.1) is 9.39 Å². The van der Waals surface area contributed by atoms with Gasteiger partial charge in [0.25, 0.3) is 5.92 Å². The summed E-state index contributed by atoms with van der Waals surface area (Å²) in [5, 5.41) is 0. The van der Waals surface area contributed by atoms with E-state index >= 15 is 0 Å². The van der Waals surface area contributed by atoms with E-state index < -0.39 is 35.9 Å². The molecular weight excluding hydrogens is 422 g/mol. The number of carbonyl (C=O) groups excluding carboxylic acids is 1. The first-order valence-corrected chi connectivity index (χ1v) is 8.38. The molecule has 128 valence electrons. The molecule has 1 aliphatic rings. The predicted octanol–water partition coefficient (Wildman–Crippen LogP) is 4.79.